The van der Waals surface area contributed by atoms with Crippen LogP contribution in [0.3, 0.4) is 0 Å². The lowest BCUT2D eigenvalue weighted by molar-refractivity contribution is -0.140. The SMILES string of the molecule is CC(=O)NC(CSc1ncc(F)cn1)C(=O)O. The molecule has 0 aliphatic rings. The number of amides is 1. The lowest BCUT2D eigenvalue weighted by Gasteiger charge is -2.11. The predicted octanol–water partition coefficient (Wildman–Crippen LogP) is 0.297. The standard InChI is InChI=1S/C9H10FN3O3S/c1-5(14)13-7(8(15)16)4-17-9-11-2-6(10)3-12-9/h2-3,7H,4H2,1H3,(H,13,14)(H,15,16). The fraction of sp³-hybridized carbons (Fsp3) is 0.333. The topological polar surface area (TPSA) is 92.2 Å². The summed E-state index contributed by atoms with van der Waals surface area (Å²) in [6, 6.07) is -1.02. The molecule has 1 unspecified atom stereocenters. The van der Waals surface area contributed by atoms with Gasteiger partial charge in [0.15, 0.2) is 11.0 Å². The molecule has 8 heteroatoms. The van der Waals surface area contributed by atoms with Crippen molar-refractivity contribution in [3.8, 4) is 0 Å². The maximum atomic E-state index is 12.5. The molecule has 1 rings (SSSR count). The quantitative estimate of drug-likeness (QED) is 0.583. The Hall–Kier alpha value is -1.70. The summed E-state index contributed by atoms with van der Waals surface area (Å²) in [6.45, 7) is 1.23. The van der Waals surface area contributed by atoms with Crippen molar-refractivity contribution < 1.29 is 19.1 Å². The molecule has 2 N–H and O–H groups in total. The molecule has 1 atom stereocenters. The molecule has 0 bridgehead atoms. The molecular weight excluding hydrogens is 249 g/mol. The molecule has 0 radical (unpaired) electrons. The van der Waals surface area contributed by atoms with E-state index in [9.17, 15) is 14.0 Å². The van der Waals surface area contributed by atoms with E-state index in [0.717, 1.165) is 24.2 Å². The molecule has 6 nitrogen and oxygen atoms in total. The number of carbonyl (C=O) groups is 2. The van der Waals surface area contributed by atoms with Gasteiger partial charge in [-0.05, 0) is 0 Å². The number of aromatic nitrogens is 2. The Balaban J connectivity index is 2.54. The van der Waals surface area contributed by atoms with Crippen LogP contribution in [-0.2, 0) is 9.59 Å². The molecule has 0 aliphatic carbocycles. The minimum atomic E-state index is -1.14. The van der Waals surface area contributed by atoms with E-state index in [2.05, 4.69) is 15.3 Å². The number of carboxylic acid groups (broad SMARTS) is 1. The number of halogens is 1. The Kier molecular flexibility index (Phi) is 4.83. The van der Waals surface area contributed by atoms with Gasteiger partial charge in [0.2, 0.25) is 5.91 Å². The first-order valence-corrected chi connectivity index (χ1v) is 5.58. The lowest BCUT2D eigenvalue weighted by atomic mass is 10.3. The van der Waals surface area contributed by atoms with Gasteiger partial charge in [-0.15, -0.1) is 0 Å². The highest BCUT2D eigenvalue weighted by molar-refractivity contribution is 7.99. The second kappa shape index (κ2) is 6.14. The third-order valence-electron chi connectivity index (χ3n) is 1.65. The molecule has 1 aromatic rings. The van der Waals surface area contributed by atoms with Gasteiger partial charge in [0.1, 0.15) is 6.04 Å². The summed E-state index contributed by atoms with van der Waals surface area (Å²) in [5.74, 6) is -2.07. The zero-order valence-electron chi connectivity index (χ0n) is 8.88. The Morgan fingerprint density at radius 1 is 1.53 bits per heavy atom. The second-order valence-electron chi connectivity index (χ2n) is 3.09. The number of nitrogens with zero attached hydrogens (tertiary/aromatic N) is 2. The maximum absolute atomic E-state index is 12.5. The summed E-state index contributed by atoms with van der Waals surface area (Å²) in [7, 11) is 0. The van der Waals surface area contributed by atoms with E-state index in [-0.39, 0.29) is 10.9 Å². The van der Waals surface area contributed by atoms with E-state index in [4.69, 9.17) is 5.11 Å². The van der Waals surface area contributed by atoms with Crippen LogP contribution in [0.5, 0.6) is 0 Å². The van der Waals surface area contributed by atoms with Crippen LogP contribution in [0.25, 0.3) is 0 Å². The van der Waals surface area contributed by atoms with Crippen LogP contribution in [0.1, 0.15) is 6.92 Å². The predicted molar refractivity (Wildman–Crippen MR) is 58.0 cm³/mol. The van der Waals surface area contributed by atoms with Gasteiger partial charge in [-0.2, -0.15) is 0 Å². The van der Waals surface area contributed by atoms with Crippen LogP contribution in [0, 0.1) is 5.82 Å². The van der Waals surface area contributed by atoms with Gasteiger partial charge in [-0.3, -0.25) is 4.79 Å². The van der Waals surface area contributed by atoms with E-state index in [1.165, 1.54) is 6.92 Å². The zero-order chi connectivity index (χ0) is 12.8. The van der Waals surface area contributed by atoms with Gasteiger partial charge >= 0.3 is 5.97 Å². The summed E-state index contributed by atoms with van der Waals surface area (Å²) in [4.78, 5) is 28.9. The number of hydrogen-bond donors (Lipinski definition) is 2. The molecule has 0 saturated heterocycles. The average molecular weight is 259 g/mol. The van der Waals surface area contributed by atoms with Gasteiger partial charge < -0.3 is 10.4 Å². The first-order valence-electron chi connectivity index (χ1n) is 4.59. The Morgan fingerprint density at radius 2 is 2.12 bits per heavy atom. The molecule has 0 aliphatic heterocycles. The molecule has 1 aromatic heterocycles. The summed E-state index contributed by atoms with van der Waals surface area (Å²) in [5.41, 5.74) is 0. The van der Waals surface area contributed by atoms with Crippen LogP contribution >= 0.6 is 11.8 Å². The maximum Gasteiger partial charge on any atom is 0.327 e. The van der Waals surface area contributed by atoms with Crippen LogP contribution < -0.4 is 5.32 Å². The van der Waals surface area contributed by atoms with Gasteiger partial charge in [0.25, 0.3) is 0 Å². The molecule has 0 spiro atoms. The van der Waals surface area contributed by atoms with Crippen molar-refractivity contribution in [3.63, 3.8) is 0 Å². The number of carbonyl (C=O) groups excluding carboxylic acids is 1. The highest BCUT2D eigenvalue weighted by atomic mass is 32.2. The van der Waals surface area contributed by atoms with E-state index >= 15 is 0 Å². The van der Waals surface area contributed by atoms with Crippen molar-refractivity contribution >= 4 is 23.6 Å². The molecule has 17 heavy (non-hydrogen) atoms. The monoisotopic (exact) mass is 259 g/mol. The minimum Gasteiger partial charge on any atom is -0.480 e. The highest BCUT2D eigenvalue weighted by Crippen LogP contribution is 2.13. The number of aliphatic carboxylic acids is 1. The van der Waals surface area contributed by atoms with E-state index in [1.54, 1.807) is 0 Å². The fourth-order valence-electron chi connectivity index (χ4n) is 0.953. The summed E-state index contributed by atoms with van der Waals surface area (Å²) < 4.78 is 12.5. The molecular formula is C9H10FN3O3S. The molecule has 1 amide bonds. The number of thioether (sulfide) groups is 1. The van der Waals surface area contributed by atoms with Gasteiger partial charge in [-0.25, -0.2) is 19.2 Å². The summed E-state index contributed by atoms with van der Waals surface area (Å²) >= 11 is 1.02. The van der Waals surface area contributed by atoms with Gasteiger partial charge in [0, 0.05) is 12.7 Å². The number of nitrogens with one attached hydrogen (secondary N) is 1. The van der Waals surface area contributed by atoms with E-state index in [0.29, 0.717) is 0 Å². The van der Waals surface area contributed by atoms with E-state index < -0.39 is 23.7 Å². The first kappa shape index (κ1) is 13.4. The van der Waals surface area contributed by atoms with Crippen molar-refractivity contribution in [3.05, 3.63) is 18.2 Å². The van der Waals surface area contributed by atoms with E-state index in [1.807, 2.05) is 0 Å². The third kappa shape index (κ3) is 4.77. The normalized spacial score (nSPS) is 11.9. The van der Waals surface area contributed by atoms with Crippen LogP contribution in [0.15, 0.2) is 17.6 Å². The molecule has 0 aromatic carbocycles. The largest absolute Gasteiger partial charge is 0.480 e. The Bertz CT molecular complexity index is 412. The van der Waals surface area contributed by atoms with Crippen LogP contribution in [0.4, 0.5) is 4.39 Å². The van der Waals surface area contributed by atoms with Crippen molar-refractivity contribution in [2.24, 2.45) is 0 Å². The lowest BCUT2D eigenvalue weighted by Crippen LogP contribution is -2.41. The minimum absolute atomic E-state index is 0.0700. The summed E-state index contributed by atoms with van der Waals surface area (Å²) in [6.07, 6.45) is 1.98. The number of carboxylic acids is 1. The van der Waals surface area contributed by atoms with Crippen LogP contribution in [-0.4, -0.2) is 38.7 Å². The molecule has 1 heterocycles. The molecule has 92 valence electrons. The highest BCUT2D eigenvalue weighted by Gasteiger charge is 2.18. The second-order valence-corrected chi connectivity index (χ2v) is 4.07. The van der Waals surface area contributed by atoms with Gasteiger partial charge in [-0.1, -0.05) is 11.8 Å². The van der Waals surface area contributed by atoms with Crippen molar-refractivity contribution in [1.29, 1.82) is 0 Å². The third-order valence-corrected chi connectivity index (χ3v) is 2.62. The van der Waals surface area contributed by atoms with Crippen molar-refractivity contribution in [2.75, 3.05) is 5.75 Å². The van der Waals surface area contributed by atoms with Crippen LogP contribution in [0.2, 0.25) is 0 Å². The fourth-order valence-corrected chi connectivity index (χ4v) is 1.75. The average Bonchev–Trinajstić information content (AvgIpc) is 2.25. The Morgan fingerprint density at radius 3 is 2.59 bits per heavy atom. The number of hydrogen-bond acceptors (Lipinski definition) is 5. The molecule has 0 saturated carbocycles. The Labute approximate surface area is 101 Å². The van der Waals surface area contributed by atoms with Crippen molar-refractivity contribution in [1.82, 2.24) is 15.3 Å². The molecule has 0 fully saturated rings. The number of rotatable bonds is 5. The smallest absolute Gasteiger partial charge is 0.327 e. The zero-order valence-corrected chi connectivity index (χ0v) is 9.70. The summed E-state index contributed by atoms with van der Waals surface area (Å²) in [5, 5.41) is 11.3. The van der Waals surface area contributed by atoms with Crippen molar-refractivity contribution in [2.45, 2.75) is 18.1 Å². The first-order chi connectivity index (χ1) is 7.99. The van der Waals surface area contributed by atoms with Gasteiger partial charge in [0.05, 0.1) is 12.4 Å².